The lowest BCUT2D eigenvalue weighted by molar-refractivity contribution is 0.619. The van der Waals surface area contributed by atoms with Crippen LogP contribution in [0.25, 0.3) is 0 Å². The number of aromatic nitrogens is 2. The molecule has 0 bridgehead atoms. The number of hydrogen-bond donors (Lipinski definition) is 3. The minimum Gasteiger partial charge on any atom is -0.353 e. The van der Waals surface area contributed by atoms with Crippen molar-refractivity contribution < 1.29 is 0 Å². The van der Waals surface area contributed by atoms with Gasteiger partial charge in [0, 0.05) is 24.5 Å². The number of aryl methyl sites for hydroxylation is 1. The molecule has 0 amide bonds. The predicted octanol–water partition coefficient (Wildman–Crippen LogP) is 2.68. The first-order valence-corrected chi connectivity index (χ1v) is 7.37. The monoisotopic (exact) mass is 283 g/mol. The van der Waals surface area contributed by atoms with E-state index in [1.54, 1.807) is 6.20 Å². The van der Waals surface area contributed by atoms with E-state index in [0.717, 1.165) is 18.1 Å². The van der Waals surface area contributed by atoms with Crippen LogP contribution in [0.3, 0.4) is 0 Å². The lowest BCUT2D eigenvalue weighted by atomic mass is 10.2. The Morgan fingerprint density at radius 1 is 1.33 bits per heavy atom. The van der Waals surface area contributed by atoms with Crippen molar-refractivity contribution in [2.45, 2.75) is 25.8 Å². The highest BCUT2D eigenvalue weighted by atomic mass is 15.1. The molecule has 4 N–H and O–H groups in total. The summed E-state index contributed by atoms with van der Waals surface area (Å²) >= 11 is 0. The third-order valence-corrected chi connectivity index (χ3v) is 3.67. The lowest BCUT2D eigenvalue weighted by Gasteiger charge is -2.12. The fourth-order valence-electron chi connectivity index (χ4n) is 2.28. The predicted molar refractivity (Wildman–Crippen MR) is 85.7 cm³/mol. The number of hydrogen-bond acceptors (Lipinski definition) is 5. The van der Waals surface area contributed by atoms with Crippen LogP contribution in [0, 0.1) is 12.8 Å². The summed E-state index contributed by atoms with van der Waals surface area (Å²) in [6, 6.07) is 10.2. The van der Waals surface area contributed by atoms with Crippen molar-refractivity contribution in [3.8, 4) is 0 Å². The normalized spacial score (nSPS) is 15.5. The minimum absolute atomic E-state index is 0.196. The van der Waals surface area contributed by atoms with E-state index in [9.17, 15) is 0 Å². The van der Waals surface area contributed by atoms with Gasteiger partial charge in [0.15, 0.2) is 0 Å². The highest BCUT2D eigenvalue weighted by Crippen LogP contribution is 2.31. The van der Waals surface area contributed by atoms with Crippen LogP contribution >= 0.6 is 0 Å². The van der Waals surface area contributed by atoms with E-state index in [0.29, 0.717) is 11.9 Å². The van der Waals surface area contributed by atoms with E-state index in [4.69, 9.17) is 5.73 Å². The Kier molecular flexibility index (Phi) is 4.01. The van der Waals surface area contributed by atoms with E-state index in [2.05, 4.69) is 39.7 Å². The fourth-order valence-corrected chi connectivity index (χ4v) is 2.28. The zero-order valence-corrected chi connectivity index (χ0v) is 12.2. The topological polar surface area (TPSA) is 75.9 Å². The van der Waals surface area contributed by atoms with E-state index >= 15 is 0 Å². The standard InChI is InChI=1S/C16H21N5/c1-11-3-2-4-13(9-11)20-15-7-8-18-16(21-15)19-10-14(17)12-5-6-12/h2-4,7-9,12,14H,5-6,10,17H2,1H3,(H2,18,19,20,21). The number of nitrogens with zero attached hydrogens (tertiary/aromatic N) is 2. The van der Waals surface area contributed by atoms with Crippen LogP contribution in [-0.2, 0) is 0 Å². The Balaban J connectivity index is 1.62. The summed E-state index contributed by atoms with van der Waals surface area (Å²) in [6.07, 6.45) is 4.24. The van der Waals surface area contributed by atoms with Crippen LogP contribution in [0.1, 0.15) is 18.4 Å². The molecule has 1 fully saturated rings. The highest BCUT2D eigenvalue weighted by Gasteiger charge is 2.28. The minimum atomic E-state index is 0.196. The molecule has 0 aliphatic heterocycles. The number of rotatable bonds is 6. The molecule has 1 aromatic carbocycles. The molecule has 5 nitrogen and oxygen atoms in total. The average Bonchev–Trinajstić information content (AvgIpc) is 3.30. The van der Waals surface area contributed by atoms with Gasteiger partial charge >= 0.3 is 0 Å². The van der Waals surface area contributed by atoms with Crippen molar-refractivity contribution in [1.29, 1.82) is 0 Å². The smallest absolute Gasteiger partial charge is 0.224 e. The molecule has 0 radical (unpaired) electrons. The zero-order valence-electron chi connectivity index (χ0n) is 12.2. The van der Waals surface area contributed by atoms with Crippen molar-refractivity contribution in [3.05, 3.63) is 42.1 Å². The van der Waals surface area contributed by atoms with Gasteiger partial charge in [-0.05, 0) is 49.4 Å². The Hall–Kier alpha value is -2.14. The molecule has 1 saturated carbocycles. The van der Waals surface area contributed by atoms with Gasteiger partial charge in [0.25, 0.3) is 0 Å². The van der Waals surface area contributed by atoms with Crippen molar-refractivity contribution in [2.24, 2.45) is 11.7 Å². The second kappa shape index (κ2) is 6.10. The molecular formula is C16H21N5. The van der Waals surface area contributed by atoms with Gasteiger partial charge < -0.3 is 16.4 Å². The second-order valence-electron chi connectivity index (χ2n) is 5.64. The fraction of sp³-hybridized carbons (Fsp3) is 0.375. The summed E-state index contributed by atoms with van der Waals surface area (Å²) in [5.74, 6) is 2.06. The third kappa shape index (κ3) is 3.92. The van der Waals surface area contributed by atoms with Gasteiger partial charge in [-0.15, -0.1) is 0 Å². The van der Waals surface area contributed by atoms with Crippen LogP contribution in [0.15, 0.2) is 36.5 Å². The average molecular weight is 283 g/mol. The highest BCUT2D eigenvalue weighted by molar-refractivity contribution is 5.57. The maximum Gasteiger partial charge on any atom is 0.224 e. The summed E-state index contributed by atoms with van der Waals surface area (Å²) in [4.78, 5) is 8.69. The van der Waals surface area contributed by atoms with Gasteiger partial charge in [0.1, 0.15) is 5.82 Å². The van der Waals surface area contributed by atoms with Gasteiger partial charge in [0.2, 0.25) is 5.95 Å². The third-order valence-electron chi connectivity index (χ3n) is 3.67. The van der Waals surface area contributed by atoms with Crippen LogP contribution < -0.4 is 16.4 Å². The van der Waals surface area contributed by atoms with Crippen molar-refractivity contribution in [3.63, 3.8) is 0 Å². The van der Waals surface area contributed by atoms with E-state index in [1.807, 2.05) is 18.2 Å². The second-order valence-corrected chi connectivity index (χ2v) is 5.64. The first-order valence-electron chi connectivity index (χ1n) is 7.37. The first kappa shape index (κ1) is 13.8. The zero-order chi connectivity index (χ0) is 14.7. The van der Waals surface area contributed by atoms with E-state index in [-0.39, 0.29) is 6.04 Å². The molecule has 110 valence electrons. The first-order chi connectivity index (χ1) is 10.2. The van der Waals surface area contributed by atoms with Gasteiger partial charge in [-0.1, -0.05) is 12.1 Å². The SMILES string of the molecule is Cc1cccc(Nc2ccnc(NCC(N)C3CC3)n2)c1. The maximum absolute atomic E-state index is 6.07. The Morgan fingerprint density at radius 3 is 2.95 bits per heavy atom. The van der Waals surface area contributed by atoms with E-state index in [1.165, 1.54) is 18.4 Å². The molecule has 5 heteroatoms. The lowest BCUT2D eigenvalue weighted by Crippen LogP contribution is -2.31. The van der Waals surface area contributed by atoms with Crippen molar-refractivity contribution in [2.75, 3.05) is 17.2 Å². The summed E-state index contributed by atoms with van der Waals surface area (Å²) in [7, 11) is 0. The van der Waals surface area contributed by atoms with Crippen LogP contribution in [0.4, 0.5) is 17.5 Å². The Bertz CT molecular complexity index is 609. The Morgan fingerprint density at radius 2 is 2.19 bits per heavy atom. The molecule has 1 heterocycles. The summed E-state index contributed by atoms with van der Waals surface area (Å²) in [6.45, 7) is 2.79. The quantitative estimate of drug-likeness (QED) is 0.760. The maximum atomic E-state index is 6.07. The van der Waals surface area contributed by atoms with Gasteiger partial charge in [-0.2, -0.15) is 4.98 Å². The number of anilines is 3. The van der Waals surface area contributed by atoms with Crippen molar-refractivity contribution >= 4 is 17.5 Å². The molecule has 21 heavy (non-hydrogen) atoms. The summed E-state index contributed by atoms with van der Waals surface area (Å²) < 4.78 is 0. The molecule has 1 unspecified atom stereocenters. The number of nitrogens with two attached hydrogens (primary N) is 1. The summed E-state index contributed by atoms with van der Waals surface area (Å²) in [5, 5.41) is 6.50. The molecule has 0 saturated heterocycles. The van der Waals surface area contributed by atoms with Crippen LogP contribution in [0.2, 0.25) is 0 Å². The number of nitrogens with one attached hydrogen (secondary N) is 2. The molecular weight excluding hydrogens is 262 g/mol. The van der Waals surface area contributed by atoms with Gasteiger partial charge in [0.05, 0.1) is 0 Å². The molecule has 1 atom stereocenters. The molecule has 1 aliphatic carbocycles. The molecule has 1 aliphatic rings. The Labute approximate surface area is 125 Å². The van der Waals surface area contributed by atoms with E-state index < -0.39 is 0 Å². The molecule has 1 aromatic heterocycles. The van der Waals surface area contributed by atoms with Gasteiger partial charge in [-0.25, -0.2) is 4.98 Å². The summed E-state index contributed by atoms with van der Waals surface area (Å²) in [5.41, 5.74) is 8.30. The van der Waals surface area contributed by atoms with Crippen LogP contribution in [0.5, 0.6) is 0 Å². The number of benzene rings is 1. The molecule has 0 spiro atoms. The van der Waals surface area contributed by atoms with Crippen molar-refractivity contribution in [1.82, 2.24) is 9.97 Å². The molecule has 2 aromatic rings. The largest absolute Gasteiger partial charge is 0.353 e. The van der Waals surface area contributed by atoms with Crippen LogP contribution in [-0.4, -0.2) is 22.6 Å². The molecule has 3 rings (SSSR count). The van der Waals surface area contributed by atoms with Gasteiger partial charge in [-0.3, -0.25) is 0 Å².